The van der Waals surface area contributed by atoms with Crippen molar-refractivity contribution in [2.75, 3.05) is 32.1 Å². The minimum absolute atomic E-state index is 0.0390. The molecule has 1 aromatic carbocycles. The number of morpholine rings is 1. The zero-order chi connectivity index (χ0) is 15.5. The molecule has 2 N–H and O–H groups in total. The van der Waals surface area contributed by atoms with Crippen molar-refractivity contribution < 1.29 is 14.6 Å². The first kappa shape index (κ1) is 16.2. The van der Waals surface area contributed by atoms with Gasteiger partial charge >= 0.3 is 0 Å². The number of nitrogens with one attached hydrogen (secondary N) is 1. The second kappa shape index (κ2) is 6.75. The summed E-state index contributed by atoms with van der Waals surface area (Å²) in [5.74, 6) is 0. The van der Waals surface area contributed by atoms with Crippen LogP contribution in [-0.2, 0) is 9.47 Å². The van der Waals surface area contributed by atoms with Gasteiger partial charge in [0.15, 0.2) is 0 Å². The first-order valence-electron chi connectivity index (χ1n) is 7.38. The number of aliphatic hydroxyl groups is 1. The topological polar surface area (TPSA) is 54.0 Å². The van der Waals surface area contributed by atoms with Crippen LogP contribution in [-0.4, -0.2) is 48.8 Å². The average Bonchev–Trinajstić information content (AvgIpc) is 2.46. The summed E-state index contributed by atoms with van der Waals surface area (Å²) in [6.07, 6.45) is -0.934. The molecule has 1 saturated heterocycles. The van der Waals surface area contributed by atoms with E-state index in [9.17, 15) is 5.11 Å². The van der Waals surface area contributed by atoms with Crippen molar-refractivity contribution >= 4 is 5.69 Å². The molecule has 2 unspecified atom stereocenters. The number of hydrogen-bond donors (Lipinski definition) is 2. The molecule has 0 saturated carbocycles. The summed E-state index contributed by atoms with van der Waals surface area (Å²) in [5, 5.41) is 13.3. The van der Waals surface area contributed by atoms with Crippen LogP contribution in [0.1, 0.15) is 32.4 Å². The molecule has 1 aliphatic rings. The Labute approximate surface area is 126 Å². The van der Waals surface area contributed by atoms with Crippen LogP contribution >= 0.6 is 0 Å². The van der Waals surface area contributed by atoms with Crippen LogP contribution in [0.25, 0.3) is 0 Å². The molecule has 1 aromatic rings. The summed E-state index contributed by atoms with van der Waals surface area (Å²) in [4.78, 5) is 1.91. The number of ether oxygens (including phenoxy) is 2. The molecule has 0 bridgehead atoms. The van der Waals surface area contributed by atoms with Gasteiger partial charge in [0.05, 0.1) is 18.3 Å². The second-order valence-corrected chi connectivity index (χ2v) is 6.28. The third-order valence-electron chi connectivity index (χ3n) is 3.44. The second-order valence-electron chi connectivity index (χ2n) is 6.28. The van der Waals surface area contributed by atoms with Gasteiger partial charge in [0.2, 0.25) is 6.41 Å². The van der Waals surface area contributed by atoms with E-state index >= 15 is 0 Å². The Balaban J connectivity index is 1.99. The molecular weight excluding hydrogens is 268 g/mol. The van der Waals surface area contributed by atoms with Crippen LogP contribution in [0.2, 0.25) is 0 Å². The van der Waals surface area contributed by atoms with E-state index in [2.05, 4.69) is 17.4 Å². The third-order valence-corrected chi connectivity index (χ3v) is 3.44. The summed E-state index contributed by atoms with van der Waals surface area (Å²) >= 11 is 0. The van der Waals surface area contributed by atoms with Crippen LogP contribution in [0.5, 0.6) is 0 Å². The van der Waals surface area contributed by atoms with Crippen LogP contribution < -0.4 is 5.32 Å². The molecule has 0 amide bonds. The number of rotatable bonds is 4. The predicted octanol–water partition coefficient (Wildman–Crippen LogP) is 2.19. The van der Waals surface area contributed by atoms with E-state index in [1.807, 2.05) is 44.9 Å². The standard InChI is InChI=1S/C16H26N2O3/c1-16(2,3)21-15(19)18-9-10-20-14(11-18)12-5-7-13(17-4)8-6-12/h5-8,14-15,17,19H,9-11H2,1-4H3. The van der Waals surface area contributed by atoms with Crippen LogP contribution in [0, 0.1) is 0 Å². The van der Waals surface area contributed by atoms with Crippen molar-refractivity contribution in [3.63, 3.8) is 0 Å². The molecule has 1 fully saturated rings. The molecule has 5 nitrogen and oxygen atoms in total. The van der Waals surface area contributed by atoms with E-state index in [4.69, 9.17) is 9.47 Å². The quantitative estimate of drug-likeness (QED) is 0.834. The Morgan fingerprint density at radius 3 is 2.57 bits per heavy atom. The van der Waals surface area contributed by atoms with Crippen molar-refractivity contribution in [2.24, 2.45) is 0 Å². The Bertz CT molecular complexity index is 442. The largest absolute Gasteiger partial charge is 0.388 e. The zero-order valence-electron chi connectivity index (χ0n) is 13.3. The van der Waals surface area contributed by atoms with Gasteiger partial charge in [-0.05, 0) is 38.5 Å². The molecular formula is C16H26N2O3. The minimum atomic E-state index is -0.895. The molecule has 0 aliphatic carbocycles. The first-order valence-corrected chi connectivity index (χ1v) is 7.38. The van der Waals surface area contributed by atoms with E-state index in [0.29, 0.717) is 19.7 Å². The lowest BCUT2D eigenvalue weighted by molar-refractivity contribution is -0.256. The molecule has 2 rings (SSSR count). The molecule has 0 radical (unpaired) electrons. The van der Waals surface area contributed by atoms with Gasteiger partial charge in [0.25, 0.3) is 0 Å². The van der Waals surface area contributed by atoms with Gasteiger partial charge in [-0.25, -0.2) is 0 Å². The van der Waals surface area contributed by atoms with Gasteiger partial charge in [-0.1, -0.05) is 12.1 Å². The van der Waals surface area contributed by atoms with Gasteiger partial charge in [0.1, 0.15) is 0 Å². The van der Waals surface area contributed by atoms with Crippen molar-refractivity contribution in [1.82, 2.24) is 4.90 Å². The highest BCUT2D eigenvalue weighted by molar-refractivity contribution is 5.44. The van der Waals surface area contributed by atoms with Gasteiger partial charge in [-0.3, -0.25) is 4.90 Å². The maximum absolute atomic E-state index is 10.2. The number of aliphatic hydroxyl groups excluding tert-OH is 1. The fraction of sp³-hybridized carbons (Fsp3) is 0.625. The molecule has 0 aromatic heterocycles. The smallest absolute Gasteiger partial charge is 0.216 e. The Morgan fingerprint density at radius 1 is 1.33 bits per heavy atom. The number of hydrogen-bond acceptors (Lipinski definition) is 5. The number of anilines is 1. The SMILES string of the molecule is CNc1ccc(C2CN(C(O)OC(C)(C)C)CCO2)cc1. The Morgan fingerprint density at radius 2 is 2.00 bits per heavy atom. The van der Waals surface area contributed by atoms with Gasteiger partial charge < -0.3 is 19.9 Å². The number of benzene rings is 1. The fourth-order valence-electron chi connectivity index (χ4n) is 2.33. The summed E-state index contributed by atoms with van der Waals surface area (Å²) in [5.41, 5.74) is 1.81. The molecule has 0 spiro atoms. The zero-order valence-corrected chi connectivity index (χ0v) is 13.3. The molecule has 1 aliphatic heterocycles. The lowest BCUT2D eigenvalue weighted by Crippen LogP contribution is -2.48. The highest BCUT2D eigenvalue weighted by Gasteiger charge is 2.29. The van der Waals surface area contributed by atoms with Gasteiger partial charge in [-0.15, -0.1) is 0 Å². The van der Waals surface area contributed by atoms with E-state index in [1.165, 1.54) is 0 Å². The average molecular weight is 294 g/mol. The maximum atomic E-state index is 10.2. The fourth-order valence-corrected chi connectivity index (χ4v) is 2.33. The van der Waals surface area contributed by atoms with Crippen LogP contribution in [0.4, 0.5) is 5.69 Å². The highest BCUT2D eigenvalue weighted by Crippen LogP contribution is 2.25. The Kier molecular flexibility index (Phi) is 5.22. The summed E-state index contributed by atoms with van der Waals surface area (Å²) < 4.78 is 11.4. The molecule has 1 heterocycles. The first-order chi connectivity index (χ1) is 9.89. The van der Waals surface area contributed by atoms with Crippen molar-refractivity contribution in [1.29, 1.82) is 0 Å². The van der Waals surface area contributed by atoms with Crippen molar-refractivity contribution in [2.45, 2.75) is 38.9 Å². The van der Waals surface area contributed by atoms with E-state index < -0.39 is 6.41 Å². The van der Waals surface area contributed by atoms with E-state index in [-0.39, 0.29) is 11.7 Å². The van der Waals surface area contributed by atoms with Gasteiger partial charge in [0, 0.05) is 25.8 Å². The van der Waals surface area contributed by atoms with Gasteiger partial charge in [-0.2, -0.15) is 0 Å². The van der Waals surface area contributed by atoms with Crippen LogP contribution in [0.3, 0.4) is 0 Å². The monoisotopic (exact) mass is 294 g/mol. The minimum Gasteiger partial charge on any atom is -0.388 e. The van der Waals surface area contributed by atoms with Crippen LogP contribution in [0.15, 0.2) is 24.3 Å². The molecule has 118 valence electrons. The van der Waals surface area contributed by atoms with E-state index in [0.717, 1.165) is 11.3 Å². The predicted molar refractivity (Wildman–Crippen MR) is 83.1 cm³/mol. The number of nitrogens with zero attached hydrogens (tertiary/aromatic N) is 1. The van der Waals surface area contributed by atoms with Crippen molar-refractivity contribution in [3.05, 3.63) is 29.8 Å². The highest BCUT2D eigenvalue weighted by atomic mass is 16.6. The Hall–Kier alpha value is -1.14. The maximum Gasteiger partial charge on any atom is 0.216 e. The normalized spacial score (nSPS) is 22.0. The summed E-state index contributed by atoms with van der Waals surface area (Å²) in [7, 11) is 1.90. The summed E-state index contributed by atoms with van der Waals surface area (Å²) in [6, 6.07) is 8.16. The molecule has 5 heteroatoms. The molecule has 2 atom stereocenters. The van der Waals surface area contributed by atoms with Crippen molar-refractivity contribution in [3.8, 4) is 0 Å². The summed E-state index contributed by atoms with van der Waals surface area (Å²) in [6.45, 7) is 7.68. The lowest BCUT2D eigenvalue weighted by Gasteiger charge is -2.38. The lowest BCUT2D eigenvalue weighted by atomic mass is 10.1. The molecule has 21 heavy (non-hydrogen) atoms. The van der Waals surface area contributed by atoms with E-state index in [1.54, 1.807) is 0 Å². The third kappa shape index (κ3) is 4.68.